The smallest absolute Gasteiger partial charge is 0.337 e. The van der Waals surface area contributed by atoms with Crippen molar-refractivity contribution >= 4 is 22.9 Å². The van der Waals surface area contributed by atoms with E-state index >= 15 is 0 Å². The number of aromatic nitrogens is 1. The van der Waals surface area contributed by atoms with Gasteiger partial charge in [-0.3, -0.25) is 0 Å². The number of aromatic amines is 1. The maximum atomic E-state index is 11.1. The van der Waals surface area contributed by atoms with Crippen molar-refractivity contribution in [3.8, 4) is 0 Å². The molecule has 0 bridgehead atoms. The van der Waals surface area contributed by atoms with Gasteiger partial charge in [0.25, 0.3) is 0 Å². The van der Waals surface area contributed by atoms with Crippen molar-refractivity contribution in [2.75, 3.05) is 0 Å². The molecule has 0 saturated heterocycles. The molecule has 17 heavy (non-hydrogen) atoms. The van der Waals surface area contributed by atoms with Crippen LogP contribution in [-0.4, -0.2) is 16.1 Å². The predicted molar refractivity (Wildman–Crippen MR) is 67.1 cm³/mol. The highest BCUT2D eigenvalue weighted by atomic mass is 16.4. The van der Waals surface area contributed by atoms with Crippen molar-refractivity contribution in [2.45, 2.75) is 6.42 Å². The lowest BCUT2D eigenvalue weighted by Gasteiger charge is -1.98. The number of hydrogen-bond donors (Lipinski definition) is 2. The van der Waals surface area contributed by atoms with Crippen LogP contribution in [0.25, 0.3) is 17.0 Å². The summed E-state index contributed by atoms with van der Waals surface area (Å²) < 4.78 is 0. The van der Waals surface area contributed by atoms with Gasteiger partial charge in [-0.15, -0.1) is 0 Å². The Bertz CT molecular complexity index is 662. The van der Waals surface area contributed by atoms with Gasteiger partial charge in [0.2, 0.25) is 0 Å². The van der Waals surface area contributed by atoms with E-state index < -0.39 is 5.97 Å². The molecule has 3 heteroatoms. The van der Waals surface area contributed by atoms with Crippen LogP contribution in [0, 0.1) is 0 Å². The second-order valence-corrected chi connectivity index (χ2v) is 4.04. The Morgan fingerprint density at radius 3 is 3.00 bits per heavy atom. The molecule has 1 aliphatic rings. The summed E-state index contributed by atoms with van der Waals surface area (Å²) in [5.41, 5.74) is 3.20. The Morgan fingerprint density at radius 1 is 1.29 bits per heavy atom. The molecule has 0 radical (unpaired) electrons. The summed E-state index contributed by atoms with van der Waals surface area (Å²) in [4.78, 5) is 14.3. The SMILES string of the molecule is O=C(O)c1cccc2c3c([nH]c12)C=CC=CC3. The van der Waals surface area contributed by atoms with Crippen LogP contribution in [0.1, 0.15) is 21.6 Å². The van der Waals surface area contributed by atoms with Crippen LogP contribution >= 0.6 is 0 Å². The summed E-state index contributed by atoms with van der Waals surface area (Å²) in [5.74, 6) is -0.897. The van der Waals surface area contributed by atoms with Gasteiger partial charge < -0.3 is 10.1 Å². The van der Waals surface area contributed by atoms with Crippen molar-refractivity contribution < 1.29 is 9.90 Å². The van der Waals surface area contributed by atoms with Crippen molar-refractivity contribution in [1.82, 2.24) is 4.98 Å². The van der Waals surface area contributed by atoms with Crippen LogP contribution in [0.4, 0.5) is 0 Å². The average Bonchev–Trinajstić information content (AvgIpc) is 2.52. The number of allylic oxidation sites excluding steroid dienone is 3. The molecule has 84 valence electrons. The molecule has 0 fully saturated rings. The van der Waals surface area contributed by atoms with Gasteiger partial charge >= 0.3 is 5.97 Å². The predicted octanol–water partition coefficient (Wildman–Crippen LogP) is 2.99. The van der Waals surface area contributed by atoms with E-state index in [4.69, 9.17) is 5.11 Å². The number of carboxylic acid groups (broad SMARTS) is 1. The fourth-order valence-electron chi connectivity index (χ4n) is 2.25. The van der Waals surface area contributed by atoms with Gasteiger partial charge in [-0.1, -0.05) is 30.4 Å². The Kier molecular flexibility index (Phi) is 2.11. The zero-order valence-corrected chi connectivity index (χ0v) is 9.10. The number of rotatable bonds is 1. The fourth-order valence-corrected chi connectivity index (χ4v) is 2.25. The number of aromatic carboxylic acids is 1. The monoisotopic (exact) mass is 225 g/mol. The third-order valence-corrected chi connectivity index (χ3v) is 3.04. The number of carbonyl (C=O) groups is 1. The summed E-state index contributed by atoms with van der Waals surface area (Å²) in [5, 5.41) is 10.1. The summed E-state index contributed by atoms with van der Waals surface area (Å²) in [6.45, 7) is 0. The third kappa shape index (κ3) is 1.47. The van der Waals surface area contributed by atoms with Crippen molar-refractivity contribution in [1.29, 1.82) is 0 Å². The first kappa shape index (κ1) is 9.90. The van der Waals surface area contributed by atoms with Crippen LogP contribution < -0.4 is 0 Å². The van der Waals surface area contributed by atoms with E-state index in [2.05, 4.69) is 11.1 Å². The topological polar surface area (TPSA) is 53.1 Å². The minimum Gasteiger partial charge on any atom is -0.478 e. The Hall–Kier alpha value is -2.29. The van der Waals surface area contributed by atoms with E-state index in [-0.39, 0.29) is 0 Å². The number of benzene rings is 1. The highest BCUT2D eigenvalue weighted by Gasteiger charge is 2.15. The maximum Gasteiger partial charge on any atom is 0.337 e. The molecule has 0 aliphatic heterocycles. The zero-order chi connectivity index (χ0) is 11.8. The Labute approximate surface area is 98.1 Å². The van der Waals surface area contributed by atoms with Gasteiger partial charge in [0.15, 0.2) is 0 Å². The molecule has 2 aromatic rings. The number of para-hydroxylation sites is 1. The van der Waals surface area contributed by atoms with E-state index in [9.17, 15) is 4.79 Å². The van der Waals surface area contributed by atoms with E-state index in [0.717, 1.165) is 23.1 Å². The molecule has 1 aromatic carbocycles. The molecular formula is C14H11NO2. The Balaban J connectivity index is 2.35. The molecule has 1 aromatic heterocycles. The summed E-state index contributed by atoms with van der Waals surface area (Å²) in [7, 11) is 0. The lowest BCUT2D eigenvalue weighted by Crippen LogP contribution is -1.96. The first-order chi connectivity index (χ1) is 8.27. The molecule has 0 atom stereocenters. The molecule has 0 saturated carbocycles. The Morgan fingerprint density at radius 2 is 2.18 bits per heavy atom. The molecular weight excluding hydrogens is 214 g/mol. The van der Waals surface area contributed by atoms with Crippen molar-refractivity contribution in [3.05, 3.63) is 53.2 Å². The van der Waals surface area contributed by atoms with Gasteiger partial charge in [-0.2, -0.15) is 0 Å². The summed E-state index contributed by atoms with van der Waals surface area (Å²) >= 11 is 0. The highest BCUT2D eigenvalue weighted by Crippen LogP contribution is 2.28. The number of fused-ring (bicyclic) bond motifs is 3. The van der Waals surface area contributed by atoms with Crippen LogP contribution in [0.3, 0.4) is 0 Å². The van der Waals surface area contributed by atoms with Gasteiger partial charge in [0, 0.05) is 11.1 Å². The average molecular weight is 225 g/mol. The van der Waals surface area contributed by atoms with Crippen molar-refractivity contribution in [2.24, 2.45) is 0 Å². The zero-order valence-electron chi connectivity index (χ0n) is 9.10. The lowest BCUT2D eigenvalue weighted by molar-refractivity contribution is 0.0699. The minimum absolute atomic E-state index is 0.327. The molecule has 0 unspecified atom stereocenters. The van der Waals surface area contributed by atoms with E-state index in [1.165, 1.54) is 0 Å². The number of nitrogens with one attached hydrogen (secondary N) is 1. The first-order valence-electron chi connectivity index (χ1n) is 5.47. The molecule has 0 spiro atoms. The quantitative estimate of drug-likeness (QED) is 0.783. The van der Waals surface area contributed by atoms with Gasteiger partial charge in [0.05, 0.1) is 11.1 Å². The van der Waals surface area contributed by atoms with Crippen LogP contribution in [0.5, 0.6) is 0 Å². The normalized spacial score (nSPS) is 13.6. The summed E-state index contributed by atoms with van der Waals surface area (Å²) in [6, 6.07) is 5.38. The second-order valence-electron chi connectivity index (χ2n) is 4.04. The summed E-state index contributed by atoms with van der Waals surface area (Å²) in [6.07, 6.45) is 8.83. The fraction of sp³-hybridized carbons (Fsp3) is 0.0714. The highest BCUT2D eigenvalue weighted by molar-refractivity contribution is 6.04. The number of hydrogen-bond acceptors (Lipinski definition) is 1. The van der Waals surface area contributed by atoms with Gasteiger partial charge in [-0.05, 0) is 24.1 Å². The van der Waals surface area contributed by atoms with E-state index in [1.807, 2.05) is 24.3 Å². The van der Waals surface area contributed by atoms with Crippen molar-refractivity contribution in [3.63, 3.8) is 0 Å². The maximum absolute atomic E-state index is 11.1. The lowest BCUT2D eigenvalue weighted by atomic mass is 10.1. The molecule has 1 aliphatic carbocycles. The third-order valence-electron chi connectivity index (χ3n) is 3.04. The second kappa shape index (κ2) is 3.63. The van der Waals surface area contributed by atoms with Gasteiger partial charge in [-0.25, -0.2) is 4.79 Å². The number of H-pyrrole nitrogens is 1. The molecule has 3 nitrogen and oxygen atoms in total. The molecule has 2 N–H and O–H groups in total. The largest absolute Gasteiger partial charge is 0.478 e. The van der Waals surface area contributed by atoms with Crippen LogP contribution in [0.2, 0.25) is 0 Å². The molecule has 3 rings (SSSR count). The number of carboxylic acids is 1. The molecule has 0 amide bonds. The molecule has 1 heterocycles. The minimum atomic E-state index is -0.897. The van der Waals surface area contributed by atoms with Crippen LogP contribution in [0.15, 0.2) is 36.4 Å². The van der Waals surface area contributed by atoms with Gasteiger partial charge in [0.1, 0.15) is 0 Å². The van der Waals surface area contributed by atoms with E-state index in [1.54, 1.807) is 12.1 Å². The van der Waals surface area contributed by atoms with Crippen LogP contribution in [-0.2, 0) is 6.42 Å². The van der Waals surface area contributed by atoms with E-state index in [0.29, 0.717) is 11.1 Å². The standard InChI is InChI=1S/C14H11NO2/c16-14(17)11-7-4-6-10-9-5-2-1-3-8-12(9)15-13(10)11/h1-4,6-8,15H,5H2,(H,16,17). The first-order valence-corrected chi connectivity index (χ1v) is 5.47.